The molecule has 0 saturated carbocycles. The highest BCUT2D eigenvalue weighted by Crippen LogP contribution is 2.18. The number of nitrogens with one attached hydrogen (secondary N) is 3. The molecule has 0 aromatic heterocycles. The first-order valence-electron chi connectivity index (χ1n) is 10.3. The molecule has 2 aromatic carbocycles. The minimum Gasteiger partial charge on any atom is -0.494 e. The lowest BCUT2D eigenvalue weighted by atomic mass is 10.2. The highest BCUT2D eigenvalue weighted by atomic mass is 16.5. The van der Waals surface area contributed by atoms with E-state index >= 15 is 0 Å². The number of rotatable bonds is 12. The second-order valence-corrected chi connectivity index (χ2v) is 6.78. The zero-order valence-corrected chi connectivity index (χ0v) is 17.3. The highest BCUT2D eigenvalue weighted by molar-refractivity contribution is 5.95. The lowest BCUT2D eigenvalue weighted by Gasteiger charge is -2.10. The summed E-state index contributed by atoms with van der Waals surface area (Å²) in [6, 6.07) is 14.4. The van der Waals surface area contributed by atoms with Crippen LogP contribution < -0.4 is 20.7 Å². The summed E-state index contributed by atoms with van der Waals surface area (Å²) in [6.45, 7) is 5.46. The maximum Gasteiger partial charge on any atom is 0.251 e. The maximum atomic E-state index is 12.2. The van der Waals surface area contributed by atoms with Gasteiger partial charge < -0.3 is 20.7 Å². The minimum absolute atomic E-state index is 0.107. The lowest BCUT2D eigenvalue weighted by Crippen LogP contribution is -2.23. The van der Waals surface area contributed by atoms with E-state index < -0.39 is 0 Å². The van der Waals surface area contributed by atoms with Crippen molar-refractivity contribution < 1.29 is 14.3 Å². The standard InChI is InChI=1S/C23H31N3O3/c1-3-5-6-7-15-29-21-10-8-9-20(16-21)26-22(27)17-25-19-13-11-18(12-14-19)23(28)24-4-2/h8-14,16,25H,3-7,15,17H2,1-2H3,(H,24,28)(H,26,27). The summed E-state index contributed by atoms with van der Waals surface area (Å²) < 4.78 is 5.75. The summed E-state index contributed by atoms with van der Waals surface area (Å²) in [7, 11) is 0. The Morgan fingerprint density at radius 3 is 2.45 bits per heavy atom. The van der Waals surface area contributed by atoms with E-state index in [1.165, 1.54) is 19.3 Å². The second kappa shape index (κ2) is 12.4. The number of amides is 2. The number of anilines is 2. The molecular formula is C23H31N3O3. The molecule has 0 aliphatic rings. The van der Waals surface area contributed by atoms with Gasteiger partial charge in [0.15, 0.2) is 0 Å². The fourth-order valence-electron chi connectivity index (χ4n) is 2.77. The normalized spacial score (nSPS) is 10.3. The average Bonchev–Trinajstić information content (AvgIpc) is 2.73. The molecule has 29 heavy (non-hydrogen) atoms. The van der Waals surface area contributed by atoms with Gasteiger partial charge in [-0.1, -0.05) is 32.3 Å². The van der Waals surface area contributed by atoms with Gasteiger partial charge in [0.1, 0.15) is 5.75 Å². The molecule has 0 atom stereocenters. The number of benzene rings is 2. The number of carbonyl (C=O) groups is 2. The summed E-state index contributed by atoms with van der Waals surface area (Å²) in [6.07, 6.45) is 4.63. The van der Waals surface area contributed by atoms with Crippen LogP contribution in [0, 0.1) is 0 Å². The predicted octanol–water partition coefficient (Wildman–Crippen LogP) is 4.45. The summed E-state index contributed by atoms with van der Waals surface area (Å²) in [4.78, 5) is 24.0. The van der Waals surface area contributed by atoms with Gasteiger partial charge in [-0.2, -0.15) is 0 Å². The molecule has 0 unspecified atom stereocenters. The Kier molecular flexibility index (Phi) is 9.55. The van der Waals surface area contributed by atoms with Crippen molar-refractivity contribution in [1.29, 1.82) is 0 Å². The van der Waals surface area contributed by atoms with Crippen molar-refractivity contribution in [3.05, 3.63) is 54.1 Å². The van der Waals surface area contributed by atoms with Crippen molar-refractivity contribution in [2.45, 2.75) is 39.5 Å². The molecule has 3 N–H and O–H groups in total. The number of hydrogen-bond acceptors (Lipinski definition) is 4. The minimum atomic E-state index is -0.155. The number of carbonyl (C=O) groups excluding carboxylic acids is 2. The van der Waals surface area contributed by atoms with Gasteiger partial charge in [-0.05, 0) is 49.7 Å². The van der Waals surface area contributed by atoms with Gasteiger partial charge in [0.2, 0.25) is 5.91 Å². The molecule has 0 heterocycles. The van der Waals surface area contributed by atoms with Crippen molar-refractivity contribution in [3.63, 3.8) is 0 Å². The fraction of sp³-hybridized carbons (Fsp3) is 0.391. The van der Waals surface area contributed by atoms with Crippen LogP contribution in [-0.4, -0.2) is 31.5 Å². The van der Waals surface area contributed by atoms with E-state index in [-0.39, 0.29) is 18.4 Å². The van der Waals surface area contributed by atoms with Crippen LogP contribution in [0.1, 0.15) is 49.9 Å². The molecule has 6 heteroatoms. The van der Waals surface area contributed by atoms with E-state index in [2.05, 4.69) is 22.9 Å². The monoisotopic (exact) mass is 397 g/mol. The van der Waals surface area contributed by atoms with Crippen molar-refractivity contribution in [3.8, 4) is 5.75 Å². The molecule has 0 radical (unpaired) electrons. The molecule has 0 bridgehead atoms. The van der Waals surface area contributed by atoms with Gasteiger partial charge in [0.05, 0.1) is 13.2 Å². The van der Waals surface area contributed by atoms with E-state index in [9.17, 15) is 9.59 Å². The van der Waals surface area contributed by atoms with E-state index in [4.69, 9.17) is 4.74 Å². The Balaban J connectivity index is 1.77. The zero-order chi connectivity index (χ0) is 20.9. The molecule has 6 nitrogen and oxygen atoms in total. The SMILES string of the molecule is CCCCCCOc1cccc(NC(=O)CNc2ccc(C(=O)NCC)cc2)c1. The number of unbranched alkanes of at least 4 members (excludes halogenated alkanes) is 3. The van der Waals surface area contributed by atoms with Gasteiger partial charge >= 0.3 is 0 Å². The van der Waals surface area contributed by atoms with Crippen LogP contribution in [0.25, 0.3) is 0 Å². The van der Waals surface area contributed by atoms with Crippen LogP contribution in [0.5, 0.6) is 5.75 Å². The van der Waals surface area contributed by atoms with E-state index in [0.717, 1.165) is 17.9 Å². The summed E-state index contributed by atoms with van der Waals surface area (Å²) in [5.74, 6) is 0.496. The van der Waals surface area contributed by atoms with Crippen LogP contribution in [0.4, 0.5) is 11.4 Å². The molecular weight excluding hydrogens is 366 g/mol. The molecule has 2 aromatic rings. The Hall–Kier alpha value is -3.02. The molecule has 2 rings (SSSR count). The number of hydrogen-bond donors (Lipinski definition) is 3. The third kappa shape index (κ3) is 8.25. The molecule has 156 valence electrons. The van der Waals surface area contributed by atoms with Gasteiger partial charge in [0, 0.05) is 29.5 Å². The Labute approximate surface area is 173 Å². The Bertz CT molecular complexity index is 775. The van der Waals surface area contributed by atoms with Crippen LogP contribution in [0.3, 0.4) is 0 Å². The lowest BCUT2D eigenvalue weighted by molar-refractivity contribution is -0.114. The van der Waals surface area contributed by atoms with Gasteiger partial charge in [-0.25, -0.2) is 0 Å². The number of ether oxygens (including phenoxy) is 1. The third-order valence-corrected chi connectivity index (χ3v) is 4.32. The van der Waals surface area contributed by atoms with Crippen molar-refractivity contribution in [2.24, 2.45) is 0 Å². The zero-order valence-electron chi connectivity index (χ0n) is 17.3. The van der Waals surface area contributed by atoms with Gasteiger partial charge in [-0.15, -0.1) is 0 Å². The van der Waals surface area contributed by atoms with Crippen molar-refractivity contribution in [2.75, 3.05) is 30.3 Å². The second-order valence-electron chi connectivity index (χ2n) is 6.78. The van der Waals surface area contributed by atoms with E-state index in [1.807, 2.05) is 31.2 Å². The largest absolute Gasteiger partial charge is 0.494 e. The van der Waals surface area contributed by atoms with Gasteiger partial charge in [0.25, 0.3) is 5.91 Å². The van der Waals surface area contributed by atoms with Crippen molar-refractivity contribution >= 4 is 23.2 Å². The predicted molar refractivity (Wildman–Crippen MR) is 118 cm³/mol. The Morgan fingerprint density at radius 2 is 1.72 bits per heavy atom. The first kappa shape index (κ1) is 22.3. The molecule has 0 aliphatic carbocycles. The Morgan fingerprint density at radius 1 is 0.931 bits per heavy atom. The highest BCUT2D eigenvalue weighted by Gasteiger charge is 2.06. The first-order chi connectivity index (χ1) is 14.1. The van der Waals surface area contributed by atoms with E-state index in [1.54, 1.807) is 24.3 Å². The van der Waals surface area contributed by atoms with Crippen LogP contribution >= 0.6 is 0 Å². The third-order valence-electron chi connectivity index (χ3n) is 4.32. The molecule has 0 saturated heterocycles. The van der Waals surface area contributed by atoms with Crippen LogP contribution in [0.2, 0.25) is 0 Å². The average molecular weight is 398 g/mol. The maximum absolute atomic E-state index is 12.2. The van der Waals surface area contributed by atoms with Crippen LogP contribution in [0.15, 0.2) is 48.5 Å². The molecule has 0 fully saturated rings. The molecule has 0 spiro atoms. The summed E-state index contributed by atoms with van der Waals surface area (Å²) in [5, 5.41) is 8.67. The topological polar surface area (TPSA) is 79.5 Å². The van der Waals surface area contributed by atoms with Crippen LogP contribution in [-0.2, 0) is 4.79 Å². The quantitative estimate of drug-likeness (QED) is 0.463. The van der Waals surface area contributed by atoms with Crippen molar-refractivity contribution in [1.82, 2.24) is 5.32 Å². The molecule has 0 aliphatic heterocycles. The smallest absolute Gasteiger partial charge is 0.251 e. The summed E-state index contributed by atoms with van der Waals surface area (Å²) in [5.41, 5.74) is 2.07. The van der Waals surface area contributed by atoms with E-state index in [0.29, 0.717) is 24.4 Å². The fourth-order valence-corrected chi connectivity index (χ4v) is 2.77. The first-order valence-corrected chi connectivity index (χ1v) is 10.3. The molecule has 2 amide bonds. The summed E-state index contributed by atoms with van der Waals surface area (Å²) >= 11 is 0. The van der Waals surface area contributed by atoms with Gasteiger partial charge in [-0.3, -0.25) is 9.59 Å².